The van der Waals surface area contributed by atoms with Crippen molar-refractivity contribution in [1.29, 1.82) is 0 Å². The van der Waals surface area contributed by atoms with Crippen LogP contribution in [0.3, 0.4) is 0 Å². The molecule has 1 amide bonds. The van der Waals surface area contributed by atoms with E-state index in [-0.39, 0.29) is 24.6 Å². The molecule has 0 fully saturated rings. The van der Waals surface area contributed by atoms with Crippen LogP contribution in [0.4, 0.5) is 5.69 Å². The number of benzene rings is 2. The molecular formula is C19H19N3O5. The SMILES string of the molecule is COc1ccc(C2=NN(Cc3ccccc3[N+](=O)[O-])C(=O)CC2)cc1OC. The molecular weight excluding hydrogens is 350 g/mol. The van der Waals surface area contributed by atoms with Gasteiger partial charge in [0.25, 0.3) is 5.69 Å². The first kappa shape index (κ1) is 18.4. The number of carbonyl (C=O) groups excluding carboxylic acids is 1. The number of rotatable bonds is 6. The van der Waals surface area contributed by atoms with Crippen LogP contribution in [0.15, 0.2) is 47.6 Å². The van der Waals surface area contributed by atoms with E-state index < -0.39 is 4.92 Å². The van der Waals surface area contributed by atoms with E-state index in [2.05, 4.69) is 5.10 Å². The fourth-order valence-corrected chi connectivity index (χ4v) is 2.93. The van der Waals surface area contributed by atoms with E-state index in [0.717, 1.165) is 5.56 Å². The second-order valence-corrected chi connectivity index (χ2v) is 5.95. The molecule has 2 aromatic rings. The van der Waals surface area contributed by atoms with E-state index in [4.69, 9.17) is 9.47 Å². The Hall–Kier alpha value is -3.42. The van der Waals surface area contributed by atoms with Crippen LogP contribution in [-0.2, 0) is 11.3 Å². The molecule has 0 spiro atoms. The van der Waals surface area contributed by atoms with Crippen LogP contribution in [0.2, 0.25) is 0 Å². The van der Waals surface area contributed by atoms with Crippen LogP contribution < -0.4 is 9.47 Å². The maximum atomic E-state index is 12.3. The first-order valence-electron chi connectivity index (χ1n) is 8.36. The average Bonchev–Trinajstić information content (AvgIpc) is 2.69. The number of ether oxygens (including phenoxy) is 2. The Labute approximate surface area is 156 Å². The van der Waals surface area contributed by atoms with Gasteiger partial charge in [-0.2, -0.15) is 5.10 Å². The van der Waals surface area contributed by atoms with Crippen molar-refractivity contribution < 1.29 is 19.2 Å². The number of amides is 1. The summed E-state index contributed by atoms with van der Waals surface area (Å²) in [4.78, 5) is 23.0. The van der Waals surface area contributed by atoms with Gasteiger partial charge >= 0.3 is 0 Å². The van der Waals surface area contributed by atoms with Gasteiger partial charge < -0.3 is 9.47 Å². The smallest absolute Gasteiger partial charge is 0.274 e. The highest BCUT2D eigenvalue weighted by atomic mass is 16.6. The first-order chi connectivity index (χ1) is 13.0. The van der Waals surface area contributed by atoms with E-state index in [1.165, 1.54) is 11.1 Å². The van der Waals surface area contributed by atoms with Crippen LogP contribution in [0.1, 0.15) is 24.0 Å². The number of hydrazone groups is 1. The fraction of sp³-hybridized carbons (Fsp3) is 0.263. The molecule has 0 atom stereocenters. The van der Waals surface area contributed by atoms with Crippen molar-refractivity contribution in [1.82, 2.24) is 5.01 Å². The van der Waals surface area contributed by atoms with Crippen molar-refractivity contribution in [3.8, 4) is 11.5 Å². The number of carbonyl (C=O) groups is 1. The molecule has 1 aliphatic rings. The molecule has 2 aromatic carbocycles. The van der Waals surface area contributed by atoms with Crippen LogP contribution >= 0.6 is 0 Å². The number of para-hydroxylation sites is 1. The van der Waals surface area contributed by atoms with Crippen molar-refractivity contribution >= 4 is 17.3 Å². The Balaban J connectivity index is 1.91. The Bertz CT molecular complexity index is 910. The van der Waals surface area contributed by atoms with Crippen molar-refractivity contribution in [2.45, 2.75) is 19.4 Å². The third kappa shape index (κ3) is 3.89. The largest absolute Gasteiger partial charge is 0.493 e. The van der Waals surface area contributed by atoms with Crippen LogP contribution in [0.25, 0.3) is 0 Å². The standard InChI is InChI=1S/C19H19N3O5/c1-26-17-9-7-13(11-18(17)27-2)15-8-10-19(23)21(20-15)12-14-5-3-4-6-16(14)22(24)25/h3-7,9,11H,8,10,12H2,1-2H3. The molecule has 0 radical (unpaired) electrons. The lowest BCUT2D eigenvalue weighted by Crippen LogP contribution is -2.31. The van der Waals surface area contributed by atoms with Crippen LogP contribution in [0.5, 0.6) is 11.5 Å². The van der Waals surface area contributed by atoms with Gasteiger partial charge in [0.05, 0.1) is 37.0 Å². The minimum Gasteiger partial charge on any atom is -0.493 e. The molecule has 140 valence electrons. The summed E-state index contributed by atoms with van der Waals surface area (Å²) in [6, 6.07) is 11.8. The fourth-order valence-electron chi connectivity index (χ4n) is 2.93. The molecule has 1 aliphatic heterocycles. The second kappa shape index (κ2) is 7.86. The number of methoxy groups -OCH3 is 2. The zero-order valence-corrected chi connectivity index (χ0v) is 15.0. The molecule has 3 rings (SSSR count). The van der Waals surface area contributed by atoms with Crippen molar-refractivity contribution in [2.24, 2.45) is 5.10 Å². The molecule has 0 N–H and O–H groups in total. The molecule has 8 nitrogen and oxygen atoms in total. The summed E-state index contributed by atoms with van der Waals surface area (Å²) in [6.45, 7) is 0.0484. The van der Waals surface area contributed by atoms with Gasteiger partial charge in [0.1, 0.15) is 0 Å². The molecule has 0 saturated heterocycles. The highest BCUT2D eigenvalue weighted by Gasteiger charge is 2.24. The van der Waals surface area contributed by atoms with Crippen molar-refractivity contribution in [3.63, 3.8) is 0 Å². The first-order valence-corrected chi connectivity index (χ1v) is 8.36. The Kier molecular flexibility index (Phi) is 5.35. The number of hydrogen-bond donors (Lipinski definition) is 0. The summed E-state index contributed by atoms with van der Waals surface area (Å²) in [5.41, 5.74) is 1.94. The highest BCUT2D eigenvalue weighted by molar-refractivity contribution is 6.04. The summed E-state index contributed by atoms with van der Waals surface area (Å²) in [5, 5.41) is 16.9. The normalized spacial score (nSPS) is 13.9. The maximum absolute atomic E-state index is 12.3. The van der Waals surface area contributed by atoms with Crippen LogP contribution in [0, 0.1) is 10.1 Å². The molecule has 1 heterocycles. The second-order valence-electron chi connectivity index (χ2n) is 5.95. The van der Waals surface area contributed by atoms with Gasteiger partial charge in [-0.15, -0.1) is 0 Å². The Morgan fingerprint density at radius 1 is 1.11 bits per heavy atom. The van der Waals surface area contributed by atoms with Gasteiger partial charge in [-0.05, 0) is 18.2 Å². The number of nitrogens with zero attached hydrogens (tertiary/aromatic N) is 3. The van der Waals surface area contributed by atoms with E-state index in [9.17, 15) is 14.9 Å². The predicted octanol–water partition coefficient (Wildman–Crippen LogP) is 3.14. The van der Waals surface area contributed by atoms with Gasteiger partial charge in [-0.25, -0.2) is 5.01 Å². The zero-order chi connectivity index (χ0) is 19.4. The Morgan fingerprint density at radius 3 is 2.56 bits per heavy atom. The molecule has 0 unspecified atom stereocenters. The van der Waals surface area contributed by atoms with Gasteiger partial charge in [0, 0.05) is 24.5 Å². The average molecular weight is 369 g/mol. The van der Waals surface area contributed by atoms with E-state index in [1.807, 2.05) is 6.07 Å². The zero-order valence-electron chi connectivity index (χ0n) is 15.0. The lowest BCUT2D eigenvalue weighted by Gasteiger charge is -2.24. The molecule has 0 bridgehead atoms. The highest BCUT2D eigenvalue weighted by Crippen LogP contribution is 2.29. The van der Waals surface area contributed by atoms with Crippen molar-refractivity contribution in [3.05, 3.63) is 63.7 Å². The Morgan fingerprint density at radius 2 is 1.85 bits per heavy atom. The van der Waals surface area contributed by atoms with Gasteiger partial charge in [0.15, 0.2) is 11.5 Å². The quantitative estimate of drug-likeness (QED) is 0.576. The maximum Gasteiger partial charge on any atom is 0.274 e. The lowest BCUT2D eigenvalue weighted by atomic mass is 10.0. The molecule has 0 aliphatic carbocycles. The molecule has 0 saturated carbocycles. The van der Waals surface area contributed by atoms with E-state index in [1.54, 1.807) is 44.6 Å². The minimum atomic E-state index is -0.456. The van der Waals surface area contributed by atoms with E-state index >= 15 is 0 Å². The summed E-state index contributed by atoms with van der Waals surface area (Å²) in [7, 11) is 3.11. The van der Waals surface area contributed by atoms with Gasteiger partial charge in [-0.3, -0.25) is 14.9 Å². The predicted molar refractivity (Wildman–Crippen MR) is 99.0 cm³/mol. The minimum absolute atomic E-state index is 0.0289. The molecule has 27 heavy (non-hydrogen) atoms. The molecule has 0 aromatic heterocycles. The third-order valence-corrected chi connectivity index (χ3v) is 4.33. The number of nitro benzene ring substituents is 1. The third-order valence-electron chi connectivity index (χ3n) is 4.33. The van der Waals surface area contributed by atoms with Gasteiger partial charge in [0.2, 0.25) is 5.91 Å². The van der Waals surface area contributed by atoms with Crippen molar-refractivity contribution in [2.75, 3.05) is 14.2 Å². The van der Waals surface area contributed by atoms with E-state index in [0.29, 0.717) is 29.2 Å². The lowest BCUT2D eigenvalue weighted by molar-refractivity contribution is -0.385. The number of nitro groups is 1. The monoisotopic (exact) mass is 369 g/mol. The summed E-state index contributed by atoms with van der Waals surface area (Å²) >= 11 is 0. The summed E-state index contributed by atoms with van der Waals surface area (Å²) in [6.07, 6.45) is 0.773. The van der Waals surface area contributed by atoms with Crippen LogP contribution in [-0.4, -0.2) is 35.8 Å². The topological polar surface area (TPSA) is 94.3 Å². The van der Waals surface area contributed by atoms with Gasteiger partial charge in [-0.1, -0.05) is 18.2 Å². The summed E-state index contributed by atoms with van der Waals surface area (Å²) in [5.74, 6) is 1.00. The number of hydrogen-bond acceptors (Lipinski definition) is 6. The molecule has 8 heteroatoms. The summed E-state index contributed by atoms with van der Waals surface area (Å²) < 4.78 is 10.6.